The molecule has 2 aliphatic heterocycles. The number of fused-ring (bicyclic) bond motifs is 2. The fourth-order valence-corrected chi connectivity index (χ4v) is 7.04. The molecule has 2 aromatic carbocycles. The molecule has 4 aromatic heterocycles. The van der Waals surface area contributed by atoms with Crippen LogP contribution in [-0.2, 0) is 38.0 Å². The summed E-state index contributed by atoms with van der Waals surface area (Å²) < 4.78 is 105. The SMILES string of the molecule is CC1Cc2c(ccnc2-c2cc(Cc3cc(F)cc(C(F)(F)F)c3)ncn2)C(=O)N1.N#Cc1cnc(-c2cc(Cc3cc(F)cc(C(F)(F)F)c3)ncn2)c2c1C(=O)NCC2. The van der Waals surface area contributed by atoms with Crippen molar-refractivity contribution >= 4 is 11.8 Å². The van der Waals surface area contributed by atoms with Crippen molar-refractivity contribution < 1.29 is 44.7 Å². The number of rotatable bonds is 6. The van der Waals surface area contributed by atoms with E-state index in [0.717, 1.165) is 29.8 Å². The first-order valence-electron chi connectivity index (χ1n) is 18.3. The highest BCUT2D eigenvalue weighted by molar-refractivity contribution is 6.00. The Kier molecular flexibility index (Phi) is 11.5. The Morgan fingerprint density at radius 2 is 1.28 bits per heavy atom. The van der Waals surface area contributed by atoms with Crippen LogP contribution >= 0.6 is 0 Å². The summed E-state index contributed by atoms with van der Waals surface area (Å²) in [5.41, 5.74) is 2.80. The van der Waals surface area contributed by atoms with Gasteiger partial charge in [0.1, 0.15) is 30.4 Å². The van der Waals surface area contributed by atoms with Crippen LogP contribution in [0.4, 0.5) is 35.1 Å². The van der Waals surface area contributed by atoms with Crippen LogP contribution in [0, 0.1) is 23.0 Å². The van der Waals surface area contributed by atoms with E-state index in [1.807, 2.05) is 13.0 Å². The second kappa shape index (κ2) is 16.8. The minimum absolute atomic E-state index is 0.0116. The fourth-order valence-electron chi connectivity index (χ4n) is 7.04. The number of halogens is 8. The van der Waals surface area contributed by atoms with Crippen molar-refractivity contribution in [1.82, 2.24) is 40.5 Å². The lowest BCUT2D eigenvalue weighted by Crippen LogP contribution is -2.39. The Labute approximate surface area is 341 Å². The highest BCUT2D eigenvalue weighted by Crippen LogP contribution is 2.33. The van der Waals surface area contributed by atoms with Crippen LogP contribution in [0.2, 0.25) is 0 Å². The van der Waals surface area contributed by atoms with Gasteiger partial charge in [-0.3, -0.25) is 19.6 Å². The zero-order chi connectivity index (χ0) is 43.6. The maximum absolute atomic E-state index is 13.7. The number of carbonyl (C=O) groups excluding carboxylic acids is 2. The molecule has 2 amide bonds. The number of nitrogens with zero attached hydrogens (tertiary/aromatic N) is 7. The van der Waals surface area contributed by atoms with E-state index in [0.29, 0.717) is 76.8 Å². The van der Waals surface area contributed by atoms with Crippen molar-refractivity contribution in [2.75, 3.05) is 6.54 Å². The van der Waals surface area contributed by atoms with Gasteiger partial charge in [-0.05, 0) is 96.6 Å². The number of nitrogens with one attached hydrogen (secondary N) is 2. The smallest absolute Gasteiger partial charge is 0.352 e. The minimum atomic E-state index is -4.67. The molecule has 8 rings (SSSR count). The Bertz CT molecular complexity index is 2730. The Balaban J connectivity index is 0.000000184. The Morgan fingerprint density at radius 1 is 0.721 bits per heavy atom. The zero-order valence-corrected chi connectivity index (χ0v) is 31.6. The number of alkyl halides is 6. The van der Waals surface area contributed by atoms with E-state index < -0.39 is 35.1 Å². The molecule has 310 valence electrons. The van der Waals surface area contributed by atoms with Crippen molar-refractivity contribution in [2.24, 2.45) is 0 Å². The van der Waals surface area contributed by atoms with E-state index in [1.165, 1.54) is 31.1 Å². The number of amides is 2. The molecule has 0 saturated carbocycles. The van der Waals surface area contributed by atoms with Gasteiger partial charge in [-0.25, -0.2) is 28.7 Å². The van der Waals surface area contributed by atoms with Crippen LogP contribution in [0.1, 0.15) is 78.0 Å². The van der Waals surface area contributed by atoms with Crippen LogP contribution in [-0.4, -0.2) is 54.3 Å². The number of nitriles is 1. The van der Waals surface area contributed by atoms with E-state index in [1.54, 1.807) is 12.1 Å². The number of carbonyl (C=O) groups is 2. The molecule has 1 unspecified atom stereocenters. The van der Waals surface area contributed by atoms with Crippen molar-refractivity contribution in [3.05, 3.63) is 153 Å². The first-order chi connectivity index (χ1) is 29.0. The van der Waals surface area contributed by atoms with Crippen LogP contribution in [0.15, 0.2) is 79.6 Å². The largest absolute Gasteiger partial charge is 0.416 e. The maximum Gasteiger partial charge on any atom is 0.416 e. The summed E-state index contributed by atoms with van der Waals surface area (Å²) in [6, 6.07) is 11.4. The standard InChI is InChI=1S/C21H13F4N5O.C21H16F4N4O/c22-14-4-11(3-13(6-14)21(23,24)25)5-15-7-17(30-10-29-15)19-16-1-2-27-20(31)18(16)12(8-26)9-28-19;1-11-4-17-16(20(30)29-11)2-3-26-19(17)18-9-15(27-10-28-18)7-12-5-13(21(23,24)25)8-14(22)6-12/h3-4,6-7,9-10H,1-2,5H2,(H,27,31);2-3,5-6,8-11H,4,7H2,1H3,(H,29,30). The summed E-state index contributed by atoms with van der Waals surface area (Å²) in [5, 5.41) is 14.8. The molecule has 0 fully saturated rings. The highest BCUT2D eigenvalue weighted by Gasteiger charge is 2.33. The molecule has 6 heterocycles. The van der Waals surface area contributed by atoms with Crippen molar-refractivity contribution in [1.29, 1.82) is 5.26 Å². The van der Waals surface area contributed by atoms with Crippen LogP contribution in [0.3, 0.4) is 0 Å². The summed E-state index contributed by atoms with van der Waals surface area (Å²) >= 11 is 0. The molecule has 1 atom stereocenters. The van der Waals surface area contributed by atoms with Gasteiger partial charge in [0.15, 0.2) is 0 Å². The quantitative estimate of drug-likeness (QED) is 0.163. The second-order valence-corrected chi connectivity index (χ2v) is 14.1. The molecule has 0 radical (unpaired) electrons. The molecule has 0 spiro atoms. The van der Waals surface area contributed by atoms with Gasteiger partial charge in [0.25, 0.3) is 11.8 Å². The van der Waals surface area contributed by atoms with Crippen molar-refractivity contribution in [2.45, 2.75) is 51.0 Å². The van der Waals surface area contributed by atoms with Crippen LogP contribution in [0.25, 0.3) is 22.8 Å². The molecular weight excluding hydrogens is 815 g/mol. The first kappa shape index (κ1) is 41.9. The normalized spacial score (nSPS) is 14.7. The fraction of sp³-hybridized carbons (Fsp3) is 0.214. The number of aromatic nitrogens is 6. The van der Waals surface area contributed by atoms with Gasteiger partial charge in [-0.2, -0.15) is 31.6 Å². The van der Waals surface area contributed by atoms with E-state index in [-0.39, 0.29) is 53.0 Å². The summed E-state index contributed by atoms with van der Waals surface area (Å²) in [7, 11) is 0. The van der Waals surface area contributed by atoms with Gasteiger partial charge >= 0.3 is 12.4 Å². The van der Waals surface area contributed by atoms with E-state index in [4.69, 9.17) is 0 Å². The first-order valence-corrected chi connectivity index (χ1v) is 18.3. The average molecular weight is 844 g/mol. The topological polar surface area (TPSA) is 159 Å². The van der Waals surface area contributed by atoms with E-state index >= 15 is 0 Å². The molecule has 2 N–H and O–H groups in total. The number of pyridine rings is 2. The summed E-state index contributed by atoms with van der Waals surface area (Å²) in [4.78, 5) is 49.7. The van der Waals surface area contributed by atoms with Gasteiger partial charge in [0.2, 0.25) is 0 Å². The molecule has 0 aliphatic carbocycles. The third-order valence-corrected chi connectivity index (χ3v) is 9.65. The van der Waals surface area contributed by atoms with Gasteiger partial charge in [0.05, 0.1) is 45.0 Å². The molecule has 11 nitrogen and oxygen atoms in total. The van der Waals surface area contributed by atoms with Gasteiger partial charge < -0.3 is 10.6 Å². The predicted octanol–water partition coefficient (Wildman–Crippen LogP) is 7.41. The van der Waals surface area contributed by atoms with Gasteiger partial charge in [-0.15, -0.1) is 0 Å². The van der Waals surface area contributed by atoms with Crippen LogP contribution in [0.5, 0.6) is 0 Å². The number of benzene rings is 2. The Hall–Kier alpha value is -7.23. The van der Waals surface area contributed by atoms with Crippen molar-refractivity contribution in [3.63, 3.8) is 0 Å². The minimum Gasteiger partial charge on any atom is -0.352 e. The maximum atomic E-state index is 13.7. The average Bonchev–Trinajstić information content (AvgIpc) is 3.20. The van der Waals surface area contributed by atoms with Gasteiger partial charge in [-0.1, -0.05) is 0 Å². The molecule has 61 heavy (non-hydrogen) atoms. The number of hydrogen-bond acceptors (Lipinski definition) is 9. The second-order valence-electron chi connectivity index (χ2n) is 14.1. The molecule has 6 aromatic rings. The number of hydrogen-bond donors (Lipinski definition) is 2. The van der Waals surface area contributed by atoms with Crippen molar-refractivity contribution in [3.8, 4) is 28.8 Å². The Morgan fingerprint density at radius 3 is 1.82 bits per heavy atom. The third kappa shape index (κ3) is 9.48. The summed E-state index contributed by atoms with van der Waals surface area (Å²) in [6.07, 6.45) is -3.07. The summed E-state index contributed by atoms with van der Waals surface area (Å²) in [6.45, 7) is 2.25. The molecule has 2 aliphatic rings. The molecule has 19 heteroatoms. The lowest BCUT2D eigenvalue weighted by Gasteiger charge is -2.24. The molecule has 0 saturated heterocycles. The van der Waals surface area contributed by atoms with Gasteiger partial charge in [0, 0.05) is 54.8 Å². The molecule has 0 bridgehead atoms. The predicted molar refractivity (Wildman–Crippen MR) is 200 cm³/mol. The molecular formula is C42H29F8N9O2. The summed E-state index contributed by atoms with van der Waals surface area (Å²) in [5.74, 6) is -2.53. The van der Waals surface area contributed by atoms with Crippen LogP contribution < -0.4 is 10.6 Å². The zero-order valence-electron chi connectivity index (χ0n) is 31.6. The van der Waals surface area contributed by atoms with E-state index in [9.17, 15) is 50.0 Å². The monoisotopic (exact) mass is 843 g/mol. The third-order valence-electron chi connectivity index (χ3n) is 9.65. The van der Waals surface area contributed by atoms with E-state index in [2.05, 4.69) is 40.5 Å². The highest BCUT2D eigenvalue weighted by atomic mass is 19.4. The lowest BCUT2D eigenvalue weighted by atomic mass is 9.93. The lowest BCUT2D eigenvalue weighted by molar-refractivity contribution is -0.138.